The molecule has 2 nitrogen and oxygen atoms in total. The highest BCUT2D eigenvalue weighted by Gasteiger charge is 2.06. The lowest BCUT2D eigenvalue weighted by atomic mass is 10.2. The monoisotopic (exact) mass is 338 g/mol. The summed E-state index contributed by atoms with van der Waals surface area (Å²) in [6.45, 7) is 1.62. The van der Waals surface area contributed by atoms with Crippen LogP contribution in [-0.2, 0) is 6.54 Å². The van der Waals surface area contributed by atoms with Crippen molar-refractivity contribution in [3.63, 3.8) is 0 Å². The lowest BCUT2D eigenvalue weighted by Crippen LogP contribution is -2.09. The zero-order valence-electron chi connectivity index (χ0n) is 11.1. The minimum atomic E-state index is 0.651. The number of rotatable bonds is 4. The number of nitrogens with one attached hydrogen (secondary N) is 1. The number of anilines is 1. The van der Waals surface area contributed by atoms with Crippen LogP contribution in [0.25, 0.3) is 10.9 Å². The van der Waals surface area contributed by atoms with Gasteiger partial charge in [-0.05, 0) is 42.5 Å². The summed E-state index contributed by atoms with van der Waals surface area (Å²) in [7, 11) is 0. The van der Waals surface area contributed by atoms with Gasteiger partial charge in [-0.3, -0.25) is 0 Å². The zero-order valence-corrected chi connectivity index (χ0v) is 13.4. The van der Waals surface area contributed by atoms with Gasteiger partial charge in [0.1, 0.15) is 0 Å². The van der Waals surface area contributed by atoms with Crippen LogP contribution in [0.15, 0.2) is 48.7 Å². The summed E-state index contributed by atoms with van der Waals surface area (Å²) in [5, 5.41) is 6.45. The molecular formula is C16H13Cl3N2. The van der Waals surface area contributed by atoms with Crippen molar-refractivity contribution in [3.8, 4) is 0 Å². The Balaban J connectivity index is 1.72. The van der Waals surface area contributed by atoms with E-state index in [1.165, 1.54) is 0 Å². The summed E-state index contributed by atoms with van der Waals surface area (Å²) in [5.41, 5.74) is 2.09. The molecule has 1 heterocycles. The third kappa shape index (κ3) is 3.29. The van der Waals surface area contributed by atoms with Gasteiger partial charge in [0.2, 0.25) is 0 Å². The molecule has 0 bridgehead atoms. The van der Waals surface area contributed by atoms with E-state index in [2.05, 4.69) is 9.88 Å². The molecular weight excluding hydrogens is 327 g/mol. The molecule has 1 aromatic heterocycles. The first kappa shape index (κ1) is 14.6. The van der Waals surface area contributed by atoms with E-state index in [-0.39, 0.29) is 0 Å². The smallest absolute Gasteiger partial charge is 0.0514 e. The summed E-state index contributed by atoms with van der Waals surface area (Å²) in [5.74, 6) is 0. The van der Waals surface area contributed by atoms with E-state index in [4.69, 9.17) is 34.8 Å². The number of fused-ring (bicyclic) bond motifs is 1. The first-order chi connectivity index (χ1) is 10.1. The highest BCUT2D eigenvalue weighted by atomic mass is 35.5. The van der Waals surface area contributed by atoms with Gasteiger partial charge in [0.25, 0.3) is 0 Å². The van der Waals surface area contributed by atoms with Gasteiger partial charge >= 0.3 is 0 Å². The van der Waals surface area contributed by atoms with Crippen molar-refractivity contribution in [2.45, 2.75) is 6.54 Å². The van der Waals surface area contributed by atoms with Gasteiger partial charge in [-0.25, -0.2) is 0 Å². The summed E-state index contributed by atoms with van der Waals surface area (Å²) >= 11 is 18.1. The number of halogens is 3. The predicted octanol–water partition coefficient (Wildman–Crippen LogP) is 5.71. The SMILES string of the molecule is Clc1ccc(NCCn2ccc3c(Cl)cc(Cl)cc32)cc1. The second-order valence-corrected chi connectivity index (χ2v) is 6.04. The minimum Gasteiger partial charge on any atom is -0.383 e. The Labute approximate surface area is 138 Å². The fraction of sp³-hybridized carbons (Fsp3) is 0.125. The van der Waals surface area contributed by atoms with Crippen LogP contribution in [0.3, 0.4) is 0 Å². The quantitative estimate of drug-likeness (QED) is 0.644. The number of hydrogen-bond acceptors (Lipinski definition) is 1. The molecule has 0 aliphatic carbocycles. The largest absolute Gasteiger partial charge is 0.383 e. The van der Waals surface area contributed by atoms with Crippen LogP contribution in [0.4, 0.5) is 5.69 Å². The number of nitrogens with zero attached hydrogens (tertiary/aromatic N) is 1. The Morgan fingerprint density at radius 2 is 1.67 bits per heavy atom. The van der Waals surface area contributed by atoms with E-state index in [1.807, 2.05) is 42.6 Å². The van der Waals surface area contributed by atoms with Gasteiger partial charge < -0.3 is 9.88 Å². The van der Waals surface area contributed by atoms with Gasteiger partial charge in [-0.1, -0.05) is 34.8 Å². The molecule has 0 fully saturated rings. The van der Waals surface area contributed by atoms with Crippen molar-refractivity contribution >= 4 is 51.4 Å². The molecule has 0 unspecified atom stereocenters. The maximum absolute atomic E-state index is 6.19. The molecule has 3 aromatic rings. The standard InChI is InChI=1S/C16H13Cl3N2/c17-11-1-3-13(4-2-11)20-6-8-21-7-5-14-15(19)9-12(18)10-16(14)21/h1-5,7,9-10,20H,6,8H2. The topological polar surface area (TPSA) is 17.0 Å². The van der Waals surface area contributed by atoms with Gasteiger partial charge in [0, 0.05) is 40.4 Å². The molecule has 0 aliphatic heterocycles. The van der Waals surface area contributed by atoms with Gasteiger partial charge in [-0.2, -0.15) is 0 Å². The molecule has 0 spiro atoms. The first-order valence-electron chi connectivity index (χ1n) is 6.57. The van der Waals surface area contributed by atoms with Crippen molar-refractivity contribution in [1.82, 2.24) is 4.57 Å². The van der Waals surface area contributed by atoms with Crippen LogP contribution in [0.1, 0.15) is 0 Å². The van der Waals surface area contributed by atoms with Crippen molar-refractivity contribution in [1.29, 1.82) is 0 Å². The van der Waals surface area contributed by atoms with E-state index in [1.54, 1.807) is 6.07 Å². The van der Waals surface area contributed by atoms with E-state index in [9.17, 15) is 0 Å². The summed E-state index contributed by atoms with van der Waals surface area (Å²) < 4.78 is 2.13. The van der Waals surface area contributed by atoms with Crippen LogP contribution < -0.4 is 5.32 Å². The zero-order chi connectivity index (χ0) is 14.8. The van der Waals surface area contributed by atoms with E-state index < -0.39 is 0 Å². The average molecular weight is 340 g/mol. The number of aromatic nitrogens is 1. The summed E-state index contributed by atoms with van der Waals surface area (Å²) in [6.07, 6.45) is 2.02. The molecule has 1 N–H and O–H groups in total. The molecule has 0 aliphatic rings. The molecule has 3 rings (SSSR count). The average Bonchev–Trinajstić information content (AvgIpc) is 2.84. The Morgan fingerprint density at radius 3 is 2.43 bits per heavy atom. The van der Waals surface area contributed by atoms with Crippen molar-refractivity contribution in [2.24, 2.45) is 0 Å². The molecule has 21 heavy (non-hydrogen) atoms. The van der Waals surface area contributed by atoms with Crippen LogP contribution in [0, 0.1) is 0 Å². The third-order valence-electron chi connectivity index (χ3n) is 3.33. The normalized spacial score (nSPS) is 11.0. The highest BCUT2D eigenvalue weighted by Crippen LogP contribution is 2.28. The van der Waals surface area contributed by atoms with Crippen LogP contribution in [0.5, 0.6) is 0 Å². The van der Waals surface area contributed by atoms with Crippen LogP contribution >= 0.6 is 34.8 Å². The number of hydrogen-bond donors (Lipinski definition) is 1. The second-order valence-electron chi connectivity index (χ2n) is 4.76. The van der Waals surface area contributed by atoms with Crippen molar-refractivity contribution < 1.29 is 0 Å². The Bertz CT molecular complexity index is 763. The maximum Gasteiger partial charge on any atom is 0.0514 e. The Hall–Kier alpha value is -1.35. The highest BCUT2D eigenvalue weighted by molar-refractivity contribution is 6.38. The number of benzene rings is 2. The van der Waals surface area contributed by atoms with E-state index >= 15 is 0 Å². The third-order valence-corrected chi connectivity index (χ3v) is 4.11. The lowest BCUT2D eigenvalue weighted by molar-refractivity contribution is 0.757. The summed E-state index contributed by atoms with van der Waals surface area (Å²) in [4.78, 5) is 0. The lowest BCUT2D eigenvalue weighted by Gasteiger charge is -2.09. The first-order valence-corrected chi connectivity index (χ1v) is 7.70. The fourth-order valence-electron chi connectivity index (χ4n) is 2.30. The van der Waals surface area contributed by atoms with Crippen LogP contribution in [0.2, 0.25) is 15.1 Å². The summed E-state index contributed by atoms with van der Waals surface area (Å²) in [6, 6.07) is 13.4. The second kappa shape index (κ2) is 6.18. The van der Waals surface area contributed by atoms with Gasteiger partial charge in [0.15, 0.2) is 0 Å². The van der Waals surface area contributed by atoms with Crippen molar-refractivity contribution in [3.05, 3.63) is 63.7 Å². The molecule has 2 aromatic carbocycles. The molecule has 0 atom stereocenters. The van der Waals surface area contributed by atoms with Crippen molar-refractivity contribution in [2.75, 3.05) is 11.9 Å². The minimum absolute atomic E-state index is 0.651. The fourth-order valence-corrected chi connectivity index (χ4v) is 2.97. The Morgan fingerprint density at radius 1 is 0.905 bits per heavy atom. The molecule has 0 saturated heterocycles. The molecule has 108 valence electrons. The molecule has 0 amide bonds. The van der Waals surface area contributed by atoms with E-state index in [0.717, 1.165) is 34.7 Å². The van der Waals surface area contributed by atoms with Crippen LogP contribution in [-0.4, -0.2) is 11.1 Å². The Kier molecular flexibility index (Phi) is 4.29. The van der Waals surface area contributed by atoms with Gasteiger partial charge in [0.05, 0.1) is 10.5 Å². The van der Waals surface area contributed by atoms with E-state index in [0.29, 0.717) is 10.0 Å². The maximum atomic E-state index is 6.19. The molecule has 0 saturated carbocycles. The molecule has 5 heteroatoms. The van der Waals surface area contributed by atoms with Gasteiger partial charge in [-0.15, -0.1) is 0 Å². The predicted molar refractivity (Wildman–Crippen MR) is 91.9 cm³/mol. The molecule has 0 radical (unpaired) electrons.